The number of nitrogens with zero attached hydrogens (tertiary/aromatic N) is 2. The van der Waals surface area contributed by atoms with Gasteiger partial charge in [-0.15, -0.1) is 0 Å². The van der Waals surface area contributed by atoms with Crippen LogP contribution in [0.5, 0.6) is 0 Å². The molecular weight excluding hydrogens is 284 g/mol. The number of halogens is 1. The molecule has 1 aromatic heterocycles. The third-order valence-electron chi connectivity index (χ3n) is 3.78. The van der Waals surface area contributed by atoms with Crippen molar-refractivity contribution in [2.75, 3.05) is 14.1 Å². The van der Waals surface area contributed by atoms with Crippen molar-refractivity contribution in [3.05, 3.63) is 22.4 Å². The van der Waals surface area contributed by atoms with Gasteiger partial charge in [0, 0.05) is 22.8 Å². The van der Waals surface area contributed by atoms with Gasteiger partial charge in [-0.1, -0.05) is 0 Å². The van der Waals surface area contributed by atoms with Crippen molar-refractivity contribution in [1.82, 2.24) is 9.47 Å². The molecule has 0 saturated heterocycles. The molecule has 1 fully saturated rings. The molecule has 4 nitrogen and oxygen atoms in total. The zero-order chi connectivity index (χ0) is 12.6. The third-order valence-corrected chi connectivity index (χ3v) is 4.21. The summed E-state index contributed by atoms with van der Waals surface area (Å²) in [5.74, 6) is -0.871. The normalized spacial score (nSPS) is 18.1. The predicted octanol–water partition coefficient (Wildman–Crippen LogP) is 2.43. The first kappa shape index (κ1) is 12.6. The Bertz CT molecular complexity index is 436. The van der Waals surface area contributed by atoms with Gasteiger partial charge in [-0.25, -0.2) is 4.79 Å². The van der Waals surface area contributed by atoms with Crippen LogP contribution in [0, 0.1) is 0 Å². The first-order chi connectivity index (χ1) is 7.94. The Morgan fingerprint density at radius 3 is 2.65 bits per heavy atom. The van der Waals surface area contributed by atoms with Crippen LogP contribution in [0.2, 0.25) is 0 Å². The number of hydrogen-bond acceptors (Lipinski definition) is 2. The van der Waals surface area contributed by atoms with Gasteiger partial charge < -0.3 is 14.6 Å². The molecule has 0 radical (unpaired) electrons. The van der Waals surface area contributed by atoms with Crippen LogP contribution in [0.15, 0.2) is 16.7 Å². The number of carboxylic acid groups (broad SMARTS) is 1. The lowest BCUT2D eigenvalue weighted by molar-refractivity contribution is 0.0402. The fourth-order valence-electron chi connectivity index (χ4n) is 2.43. The summed E-state index contributed by atoms with van der Waals surface area (Å²) in [6.45, 7) is 0.743. The molecule has 0 spiro atoms. The number of hydrogen-bond donors (Lipinski definition) is 1. The Balaban J connectivity index is 2.26. The molecule has 0 atom stereocenters. The summed E-state index contributed by atoms with van der Waals surface area (Å²) < 4.78 is 2.66. The lowest BCUT2D eigenvalue weighted by atomic mass is 9.75. The summed E-state index contributed by atoms with van der Waals surface area (Å²) >= 11 is 3.34. The maximum absolute atomic E-state index is 11.1. The van der Waals surface area contributed by atoms with Crippen molar-refractivity contribution in [2.45, 2.75) is 31.3 Å². The average molecular weight is 301 g/mol. The lowest BCUT2D eigenvalue weighted by Crippen LogP contribution is -2.53. The molecule has 0 aliphatic heterocycles. The Morgan fingerprint density at radius 2 is 2.24 bits per heavy atom. The van der Waals surface area contributed by atoms with Crippen LogP contribution >= 0.6 is 15.9 Å². The molecule has 5 heteroatoms. The Morgan fingerprint density at radius 1 is 1.59 bits per heavy atom. The third kappa shape index (κ3) is 2.26. The second-order valence-corrected chi connectivity index (χ2v) is 5.86. The monoisotopic (exact) mass is 300 g/mol. The number of aromatic carboxylic acids is 1. The van der Waals surface area contributed by atoms with E-state index in [0.29, 0.717) is 5.69 Å². The zero-order valence-corrected chi connectivity index (χ0v) is 11.7. The minimum absolute atomic E-state index is 0.128. The van der Waals surface area contributed by atoms with E-state index in [1.165, 1.54) is 6.42 Å². The number of likely N-dealkylation sites (N-methyl/N-ethyl adjacent to an activating group) is 1. The molecule has 1 aliphatic carbocycles. The molecule has 1 N–H and O–H groups in total. The average Bonchev–Trinajstić information content (AvgIpc) is 2.52. The van der Waals surface area contributed by atoms with E-state index in [2.05, 4.69) is 34.9 Å². The molecule has 1 aliphatic rings. The first-order valence-electron chi connectivity index (χ1n) is 5.71. The van der Waals surface area contributed by atoms with Gasteiger partial charge in [0.15, 0.2) is 0 Å². The fourth-order valence-corrected chi connectivity index (χ4v) is 2.90. The standard InChI is InChI=1S/C12H17BrN2O2/c1-14(2)12(4-3-5-12)8-15-7-9(13)6-10(15)11(16)17/h6-7H,3-5,8H2,1-2H3,(H,16,17). The van der Waals surface area contributed by atoms with Crippen molar-refractivity contribution in [3.63, 3.8) is 0 Å². The molecule has 0 unspecified atom stereocenters. The van der Waals surface area contributed by atoms with Crippen molar-refractivity contribution in [3.8, 4) is 0 Å². The highest BCUT2D eigenvalue weighted by Gasteiger charge is 2.39. The van der Waals surface area contributed by atoms with E-state index in [0.717, 1.165) is 23.9 Å². The highest BCUT2D eigenvalue weighted by molar-refractivity contribution is 9.10. The SMILES string of the molecule is CN(C)C1(Cn2cc(Br)cc2C(=O)O)CCC1. The summed E-state index contributed by atoms with van der Waals surface area (Å²) in [6.07, 6.45) is 5.35. The summed E-state index contributed by atoms with van der Waals surface area (Å²) in [5, 5.41) is 9.15. The maximum Gasteiger partial charge on any atom is 0.352 e. The Hall–Kier alpha value is -0.810. The highest BCUT2D eigenvalue weighted by atomic mass is 79.9. The van der Waals surface area contributed by atoms with Crippen LogP contribution in [-0.4, -0.2) is 40.2 Å². The predicted molar refractivity (Wildman–Crippen MR) is 69.4 cm³/mol. The van der Waals surface area contributed by atoms with E-state index in [1.54, 1.807) is 6.07 Å². The van der Waals surface area contributed by atoms with Crippen LogP contribution in [-0.2, 0) is 6.54 Å². The van der Waals surface area contributed by atoms with E-state index in [-0.39, 0.29) is 5.54 Å². The van der Waals surface area contributed by atoms with E-state index in [1.807, 2.05) is 10.8 Å². The fraction of sp³-hybridized carbons (Fsp3) is 0.583. The topological polar surface area (TPSA) is 45.5 Å². The number of aromatic nitrogens is 1. The molecule has 0 amide bonds. The summed E-state index contributed by atoms with van der Waals surface area (Å²) in [7, 11) is 4.14. The van der Waals surface area contributed by atoms with Gasteiger partial charge in [0.2, 0.25) is 0 Å². The van der Waals surface area contributed by atoms with Crippen molar-refractivity contribution < 1.29 is 9.90 Å². The lowest BCUT2D eigenvalue weighted by Gasteiger charge is -2.47. The van der Waals surface area contributed by atoms with Gasteiger partial charge in [-0.2, -0.15) is 0 Å². The van der Waals surface area contributed by atoms with Crippen LogP contribution in [0.3, 0.4) is 0 Å². The van der Waals surface area contributed by atoms with Gasteiger partial charge in [-0.05, 0) is 55.4 Å². The van der Waals surface area contributed by atoms with Crippen LogP contribution in [0.1, 0.15) is 29.8 Å². The van der Waals surface area contributed by atoms with Gasteiger partial charge in [0.25, 0.3) is 0 Å². The Labute approximate surface area is 109 Å². The molecule has 1 saturated carbocycles. The Kier molecular flexibility index (Phi) is 3.32. The van der Waals surface area contributed by atoms with Crippen LogP contribution in [0.4, 0.5) is 0 Å². The molecule has 1 aromatic rings. The first-order valence-corrected chi connectivity index (χ1v) is 6.50. The molecule has 0 bridgehead atoms. The second kappa shape index (κ2) is 4.46. The van der Waals surface area contributed by atoms with Gasteiger partial charge in [-0.3, -0.25) is 0 Å². The summed E-state index contributed by atoms with van der Waals surface area (Å²) in [5.41, 5.74) is 0.479. The number of carboxylic acids is 1. The van der Waals surface area contributed by atoms with E-state index >= 15 is 0 Å². The van der Waals surface area contributed by atoms with E-state index < -0.39 is 5.97 Å². The highest BCUT2D eigenvalue weighted by Crippen LogP contribution is 2.38. The van der Waals surface area contributed by atoms with Crippen LogP contribution < -0.4 is 0 Å². The van der Waals surface area contributed by atoms with Gasteiger partial charge in [0.05, 0.1) is 0 Å². The smallest absolute Gasteiger partial charge is 0.352 e. The van der Waals surface area contributed by atoms with Crippen molar-refractivity contribution in [1.29, 1.82) is 0 Å². The minimum atomic E-state index is -0.871. The summed E-state index contributed by atoms with van der Waals surface area (Å²) in [4.78, 5) is 13.4. The molecule has 94 valence electrons. The van der Waals surface area contributed by atoms with Gasteiger partial charge >= 0.3 is 5.97 Å². The van der Waals surface area contributed by atoms with Crippen molar-refractivity contribution >= 4 is 21.9 Å². The molecule has 17 heavy (non-hydrogen) atoms. The van der Waals surface area contributed by atoms with Crippen LogP contribution in [0.25, 0.3) is 0 Å². The zero-order valence-electron chi connectivity index (χ0n) is 10.1. The van der Waals surface area contributed by atoms with Gasteiger partial charge in [0.1, 0.15) is 5.69 Å². The molecule has 0 aromatic carbocycles. The summed E-state index contributed by atoms with van der Waals surface area (Å²) in [6, 6.07) is 1.66. The molecule has 2 rings (SSSR count). The van der Waals surface area contributed by atoms with Crippen molar-refractivity contribution in [2.24, 2.45) is 0 Å². The second-order valence-electron chi connectivity index (χ2n) is 4.95. The number of carbonyl (C=O) groups is 1. The quantitative estimate of drug-likeness (QED) is 0.929. The number of rotatable bonds is 4. The molecular formula is C12H17BrN2O2. The van der Waals surface area contributed by atoms with E-state index in [9.17, 15) is 4.79 Å². The largest absolute Gasteiger partial charge is 0.477 e. The molecule has 1 heterocycles. The maximum atomic E-state index is 11.1. The van der Waals surface area contributed by atoms with E-state index in [4.69, 9.17) is 5.11 Å². The minimum Gasteiger partial charge on any atom is -0.477 e.